The van der Waals surface area contributed by atoms with Crippen LogP contribution in [-0.4, -0.2) is 5.25 Å². The minimum Gasteiger partial charge on any atom is -0.426 e. The molecule has 2 rings (SSSR count). The van der Waals surface area contributed by atoms with E-state index in [1.807, 2.05) is 12.1 Å². The lowest BCUT2D eigenvalue weighted by Crippen LogP contribution is -1.83. The van der Waals surface area contributed by atoms with Crippen molar-refractivity contribution in [3.8, 4) is 5.75 Å². The van der Waals surface area contributed by atoms with Crippen molar-refractivity contribution < 1.29 is 4.18 Å². The van der Waals surface area contributed by atoms with Crippen LogP contribution in [0.3, 0.4) is 0 Å². The fourth-order valence-electron chi connectivity index (χ4n) is 0.882. The molecule has 0 heterocycles. The Hall–Kier alpha value is -0.630. The summed E-state index contributed by atoms with van der Waals surface area (Å²) in [5, 5.41) is 0.756. The van der Waals surface area contributed by atoms with E-state index in [9.17, 15) is 0 Å². The van der Waals surface area contributed by atoms with Crippen molar-refractivity contribution in [2.24, 2.45) is 0 Å². The predicted molar refractivity (Wildman–Crippen MR) is 52.4 cm³/mol. The Kier molecular flexibility index (Phi) is 2.26. The minimum atomic E-state index is 0.756. The molecule has 2 heteroatoms. The molecule has 1 aromatic rings. The van der Waals surface area contributed by atoms with Gasteiger partial charge in [-0.15, -0.1) is 0 Å². The highest BCUT2D eigenvalue weighted by Crippen LogP contribution is 2.35. The lowest BCUT2D eigenvalue weighted by atomic mass is 10.2. The molecule has 12 heavy (non-hydrogen) atoms. The molecule has 0 bridgehead atoms. The summed E-state index contributed by atoms with van der Waals surface area (Å²) in [6, 6.07) is 8.18. The van der Waals surface area contributed by atoms with Gasteiger partial charge in [-0.3, -0.25) is 0 Å². The van der Waals surface area contributed by atoms with E-state index in [0.717, 1.165) is 11.0 Å². The Bertz CT molecular complexity index is 251. The maximum atomic E-state index is 5.50. The third-order valence-electron chi connectivity index (χ3n) is 1.83. The van der Waals surface area contributed by atoms with E-state index in [4.69, 9.17) is 4.18 Å². The van der Waals surface area contributed by atoms with E-state index in [1.54, 1.807) is 12.0 Å². The number of rotatable bonds is 3. The first kappa shape index (κ1) is 7.99. The van der Waals surface area contributed by atoms with Gasteiger partial charge in [0, 0.05) is 5.25 Å². The summed E-state index contributed by atoms with van der Waals surface area (Å²) in [7, 11) is 0. The third kappa shape index (κ3) is 2.18. The molecule has 1 aliphatic carbocycles. The van der Waals surface area contributed by atoms with Gasteiger partial charge in [0.2, 0.25) is 0 Å². The molecule has 0 N–H and O–H groups in total. The van der Waals surface area contributed by atoms with Crippen molar-refractivity contribution in [2.75, 3.05) is 0 Å². The van der Waals surface area contributed by atoms with Gasteiger partial charge in [0.25, 0.3) is 0 Å². The summed E-state index contributed by atoms with van der Waals surface area (Å²) in [5.74, 6) is 0.970. The summed E-state index contributed by atoms with van der Waals surface area (Å²) in [5.41, 5.74) is 1.28. The van der Waals surface area contributed by atoms with Gasteiger partial charge in [-0.05, 0) is 31.9 Å². The smallest absolute Gasteiger partial charge is 0.137 e. The summed E-state index contributed by atoms with van der Waals surface area (Å²) in [4.78, 5) is 0. The zero-order chi connectivity index (χ0) is 8.39. The van der Waals surface area contributed by atoms with Crippen LogP contribution in [0.1, 0.15) is 18.4 Å². The first-order valence-electron chi connectivity index (χ1n) is 4.24. The second-order valence-electron chi connectivity index (χ2n) is 3.19. The normalized spacial score (nSPS) is 16.1. The Labute approximate surface area is 77.3 Å². The zero-order valence-electron chi connectivity index (χ0n) is 7.12. The predicted octanol–water partition coefficient (Wildman–Crippen LogP) is 3.18. The first-order chi connectivity index (χ1) is 5.84. The molecule has 1 saturated carbocycles. The largest absolute Gasteiger partial charge is 0.426 e. The van der Waals surface area contributed by atoms with Gasteiger partial charge in [-0.1, -0.05) is 17.7 Å². The highest BCUT2D eigenvalue weighted by molar-refractivity contribution is 7.95. The molecule has 0 amide bonds. The summed E-state index contributed by atoms with van der Waals surface area (Å²) < 4.78 is 5.50. The summed E-state index contributed by atoms with van der Waals surface area (Å²) in [6.07, 6.45) is 2.63. The number of hydrogen-bond donors (Lipinski definition) is 0. The van der Waals surface area contributed by atoms with Crippen LogP contribution < -0.4 is 4.18 Å². The van der Waals surface area contributed by atoms with Crippen molar-refractivity contribution in [1.29, 1.82) is 0 Å². The van der Waals surface area contributed by atoms with Gasteiger partial charge < -0.3 is 4.18 Å². The topological polar surface area (TPSA) is 9.23 Å². The molecule has 0 unspecified atom stereocenters. The van der Waals surface area contributed by atoms with Gasteiger partial charge in [0.1, 0.15) is 5.75 Å². The SMILES string of the molecule is Cc1ccc(OSC2CC2)cc1. The van der Waals surface area contributed by atoms with Crippen LogP contribution in [0.25, 0.3) is 0 Å². The van der Waals surface area contributed by atoms with E-state index in [2.05, 4.69) is 19.1 Å². The summed E-state index contributed by atoms with van der Waals surface area (Å²) in [6.45, 7) is 2.08. The fraction of sp³-hybridized carbons (Fsp3) is 0.400. The van der Waals surface area contributed by atoms with Crippen molar-refractivity contribution in [2.45, 2.75) is 25.0 Å². The molecular weight excluding hydrogens is 168 g/mol. The van der Waals surface area contributed by atoms with Gasteiger partial charge in [0.15, 0.2) is 0 Å². The third-order valence-corrected chi connectivity index (χ3v) is 2.86. The monoisotopic (exact) mass is 180 g/mol. The highest BCUT2D eigenvalue weighted by atomic mass is 32.2. The second kappa shape index (κ2) is 3.40. The molecule has 0 saturated heterocycles. The Morgan fingerprint density at radius 2 is 1.92 bits per heavy atom. The Balaban J connectivity index is 1.89. The van der Waals surface area contributed by atoms with Gasteiger partial charge in [0.05, 0.1) is 12.0 Å². The molecule has 1 fully saturated rings. The number of benzene rings is 1. The van der Waals surface area contributed by atoms with Gasteiger partial charge >= 0.3 is 0 Å². The van der Waals surface area contributed by atoms with Crippen LogP contribution in [0.4, 0.5) is 0 Å². The molecule has 1 nitrogen and oxygen atoms in total. The molecule has 1 aliphatic rings. The lowest BCUT2D eigenvalue weighted by Gasteiger charge is -2.02. The maximum absolute atomic E-state index is 5.50. The molecule has 64 valence electrons. The van der Waals surface area contributed by atoms with E-state index in [-0.39, 0.29) is 0 Å². The fourth-order valence-corrected chi connectivity index (χ4v) is 1.57. The molecule has 0 aliphatic heterocycles. The van der Waals surface area contributed by atoms with Crippen LogP contribution in [0.2, 0.25) is 0 Å². The molecule has 0 atom stereocenters. The standard InChI is InChI=1S/C10H12OS/c1-8-2-4-9(5-3-8)11-12-10-6-7-10/h2-5,10H,6-7H2,1H3. The molecule has 0 spiro atoms. The average Bonchev–Trinajstić information content (AvgIpc) is 2.87. The van der Waals surface area contributed by atoms with E-state index < -0.39 is 0 Å². The van der Waals surface area contributed by atoms with Crippen LogP contribution in [-0.2, 0) is 0 Å². The number of hydrogen-bond acceptors (Lipinski definition) is 2. The lowest BCUT2D eigenvalue weighted by molar-refractivity contribution is 0.645. The van der Waals surface area contributed by atoms with Crippen molar-refractivity contribution in [3.63, 3.8) is 0 Å². The van der Waals surface area contributed by atoms with Crippen LogP contribution in [0.5, 0.6) is 5.75 Å². The maximum Gasteiger partial charge on any atom is 0.137 e. The van der Waals surface area contributed by atoms with Crippen molar-refractivity contribution in [3.05, 3.63) is 29.8 Å². The Morgan fingerprint density at radius 1 is 1.25 bits per heavy atom. The number of aryl methyl sites for hydroxylation is 1. The first-order valence-corrected chi connectivity index (χ1v) is 5.05. The molecule has 0 radical (unpaired) electrons. The Morgan fingerprint density at radius 3 is 2.50 bits per heavy atom. The van der Waals surface area contributed by atoms with Crippen molar-refractivity contribution >= 4 is 12.0 Å². The van der Waals surface area contributed by atoms with Crippen LogP contribution in [0, 0.1) is 6.92 Å². The van der Waals surface area contributed by atoms with Crippen LogP contribution in [0.15, 0.2) is 24.3 Å². The highest BCUT2D eigenvalue weighted by Gasteiger charge is 2.23. The summed E-state index contributed by atoms with van der Waals surface area (Å²) >= 11 is 1.60. The molecule has 1 aromatic carbocycles. The minimum absolute atomic E-state index is 0.756. The van der Waals surface area contributed by atoms with E-state index in [1.165, 1.54) is 18.4 Å². The van der Waals surface area contributed by atoms with Gasteiger partial charge in [-0.25, -0.2) is 0 Å². The van der Waals surface area contributed by atoms with Gasteiger partial charge in [-0.2, -0.15) is 0 Å². The van der Waals surface area contributed by atoms with Crippen molar-refractivity contribution in [1.82, 2.24) is 0 Å². The molecule has 0 aromatic heterocycles. The van der Waals surface area contributed by atoms with Crippen LogP contribution >= 0.6 is 12.0 Å². The quantitative estimate of drug-likeness (QED) is 0.661. The van der Waals surface area contributed by atoms with E-state index >= 15 is 0 Å². The molecular formula is C10H12OS. The van der Waals surface area contributed by atoms with E-state index in [0.29, 0.717) is 0 Å². The average molecular weight is 180 g/mol. The zero-order valence-corrected chi connectivity index (χ0v) is 7.93. The second-order valence-corrected chi connectivity index (χ2v) is 4.22.